The van der Waals surface area contributed by atoms with Gasteiger partial charge in [0.2, 0.25) is 5.43 Å². The van der Waals surface area contributed by atoms with E-state index >= 15 is 0 Å². The third-order valence-corrected chi connectivity index (χ3v) is 3.36. The van der Waals surface area contributed by atoms with Crippen molar-refractivity contribution in [2.24, 2.45) is 0 Å². The van der Waals surface area contributed by atoms with E-state index in [9.17, 15) is 14.7 Å². The molecule has 0 radical (unpaired) electrons. The Morgan fingerprint density at radius 1 is 1.05 bits per heavy atom. The number of para-hydroxylation sites is 1. The summed E-state index contributed by atoms with van der Waals surface area (Å²) in [5, 5.41) is 9.66. The molecular formula is C17H12O4. The van der Waals surface area contributed by atoms with Gasteiger partial charge in [-0.15, -0.1) is 0 Å². The summed E-state index contributed by atoms with van der Waals surface area (Å²) in [6, 6.07) is 13.9. The van der Waals surface area contributed by atoms with Crippen LogP contribution in [0.1, 0.15) is 15.9 Å². The van der Waals surface area contributed by atoms with E-state index in [1.54, 1.807) is 36.4 Å². The van der Waals surface area contributed by atoms with E-state index in [0.717, 1.165) is 5.56 Å². The molecular weight excluding hydrogens is 268 g/mol. The maximum Gasteiger partial charge on any atom is 0.343 e. The SMILES string of the molecule is Cc1cccc2c(=O)c(C(=O)O)c(-c3ccccc3)oc12. The van der Waals surface area contributed by atoms with Crippen LogP contribution in [0.3, 0.4) is 0 Å². The zero-order chi connectivity index (χ0) is 15.0. The first-order valence-corrected chi connectivity index (χ1v) is 6.44. The molecule has 2 aromatic carbocycles. The summed E-state index contributed by atoms with van der Waals surface area (Å²) < 4.78 is 5.77. The Morgan fingerprint density at radius 2 is 1.76 bits per heavy atom. The lowest BCUT2D eigenvalue weighted by molar-refractivity contribution is 0.0694. The van der Waals surface area contributed by atoms with Gasteiger partial charge in [0.15, 0.2) is 11.3 Å². The van der Waals surface area contributed by atoms with Crippen molar-refractivity contribution >= 4 is 16.9 Å². The number of benzene rings is 2. The molecule has 0 aliphatic heterocycles. The Bertz CT molecular complexity index is 892. The van der Waals surface area contributed by atoms with Crippen LogP contribution in [0.15, 0.2) is 57.7 Å². The van der Waals surface area contributed by atoms with Crippen molar-refractivity contribution in [2.75, 3.05) is 0 Å². The Balaban J connectivity index is 2.49. The van der Waals surface area contributed by atoms with Crippen LogP contribution in [0, 0.1) is 6.92 Å². The Hall–Kier alpha value is -2.88. The predicted molar refractivity (Wildman–Crippen MR) is 79.6 cm³/mol. The largest absolute Gasteiger partial charge is 0.477 e. The molecule has 1 heterocycles. The summed E-state index contributed by atoms with van der Waals surface area (Å²) in [7, 11) is 0. The molecule has 1 aromatic heterocycles. The van der Waals surface area contributed by atoms with Crippen molar-refractivity contribution in [1.29, 1.82) is 0 Å². The lowest BCUT2D eigenvalue weighted by Gasteiger charge is -2.08. The first-order valence-electron chi connectivity index (χ1n) is 6.44. The summed E-state index contributed by atoms with van der Waals surface area (Å²) in [6.07, 6.45) is 0. The predicted octanol–water partition coefficient (Wildman–Crippen LogP) is 3.47. The van der Waals surface area contributed by atoms with Crippen molar-refractivity contribution in [2.45, 2.75) is 6.92 Å². The minimum Gasteiger partial charge on any atom is -0.477 e. The molecule has 4 heteroatoms. The second-order valence-corrected chi connectivity index (χ2v) is 4.76. The lowest BCUT2D eigenvalue weighted by atomic mass is 10.0. The number of aryl methyl sites for hydroxylation is 1. The van der Waals surface area contributed by atoms with Crippen molar-refractivity contribution in [3.05, 3.63) is 69.9 Å². The fourth-order valence-electron chi connectivity index (χ4n) is 2.34. The van der Waals surface area contributed by atoms with E-state index in [0.29, 0.717) is 11.1 Å². The van der Waals surface area contributed by atoms with Gasteiger partial charge in [-0.25, -0.2) is 4.79 Å². The first-order chi connectivity index (χ1) is 10.1. The molecule has 21 heavy (non-hydrogen) atoms. The monoisotopic (exact) mass is 280 g/mol. The molecule has 3 aromatic rings. The average Bonchev–Trinajstić information content (AvgIpc) is 2.48. The van der Waals surface area contributed by atoms with Gasteiger partial charge in [-0.05, 0) is 18.6 Å². The van der Waals surface area contributed by atoms with Crippen LogP contribution in [0.2, 0.25) is 0 Å². The second-order valence-electron chi connectivity index (χ2n) is 4.76. The van der Waals surface area contributed by atoms with Gasteiger partial charge >= 0.3 is 5.97 Å². The molecule has 0 spiro atoms. The van der Waals surface area contributed by atoms with Crippen LogP contribution in [-0.2, 0) is 0 Å². The van der Waals surface area contributed by atoms with E-state index in [4.69, 9.17) is 4.42 Å². The van der Waals surface area contributed by atoms with Gasteiger partial charge in [0.05, 0.1) is 5.39 Å². The van der Waals surface area contributed by atoms with Crippen LogP contribution >= 0.6 is 0 Å². The molecule has 1 N–H and O–H groups in total. The third kappa shape index (κ3) is 2.10. The van der Waals surface area contributed by atoms with Crippen molar-refractivity contribution in [3.63, 3.8) is 0 Å². The number of rotatable bonds is 2. The molecule has 0 saturated carbocycles. The summed E-state index contributed by atoms with van der Waals surface area (Å²) in [5.41, 5.74) is 0.924. The highest BCUT2D eigenvalue weighted by atomic mass is 16.4. The zero-order valence-corrected chi connectivity index (χ0v) is 11.3. The van der Waals surface area contributed by atoms with Crippen LogP contribution in [0.25, 0.3) is 22.3 Å². The molecule has 4 nitrogen and oxygen atoms in total. The zero-order valence-electron chi connectivity index (χ0n) is 11.3. The molecule has 0 amide bonds. The van der Waals surface area contributed by atoms with Crippen LogP contribution in [-0.4, -0.2) is 11.1 Å². The Morgan fingerprint density at radius 3 is 2.43 bits per heavy atom. The number of carboxylic acids is 1. The summed E-state index contributed by atoms with van der Waals surface area (Å²) >= 11 is 0. The quantitative estimate of drug-likeness (QED) is 0.780. The van der Waals surface area contributed by atoms with Crippen LogP contribution in [0.5, 0.6) is 0 Å². The van der Waals surface area contributed by atoms with Gasteiger partial charge < -0.3 is 9.52 Å². The number of hydrogen-bond acceptors (Lipinski definition) is 3. The molecule has 0 aliphatic carbocycles. The lowest BCUT2D eigenvalue weighted by Crippen LogP contribution is -2.16. The highest BCUT2D eigenvalue weighted by Crippen LogP contribution is 2.27. The summed E-state index contributed by atoms with van der Waals surface area (Å²) in [4.78, 5) is 24.0. The van der Waals surface area contributed by atoms with E-state index in [1.807, 2.05) is 19.1 Å². The molecule has 3 rings (SSSR count). The number of aromatic carboxylic acids is 1. The topological polar surface area (TPSA) is 67.5 Å². The highest BCUT2D eigenvalue weighted by molar-refractivity contribution is 5.98. The van der Waals surface area contributed by atoms with Crippen molar-refractivity contribution in [3.8, 4) is 11.3 Å². The van der Waals surface area contributed by atoms with E-state index in [2.05, 4.69) is 0 Å². The molecule has 0 aliphatic rings. The fraction of sp³-hybridized carbons (Fsp3) is 0.0588. The minimum atomic E-state index is -1.29. The number of carbonyl (C=O) groups is 1. The minimum absolute atomic E-state index is 0.0925. The standard InChI is InChI=1S/C17H12O4/c1-10-6-5-9-12-14(18)13(17(19)20)16(21-15(10)12)11-7-3-2-4-8-11/h2-9H,1H3,(H,19,20). The third-order valence-electron chi connectivity index (χ3n) is 3.36. The summed E-state index contributed by atoms with van der Waals surface area (Å²) in [5.74, 6) is -1.19. The normalized spacial score (nSPS) is 10.7. The number of fused-ring (bicyclic) bond motifs is 1. The Labute approximate surface area is 120 Å². The van der Waals surface area contributed by atoms with Crippen LogP contribution < -0.4 is 5.43 Å². The molecule has 0 saturated heterocycles. The fourth-order valence-corrected chi connectivity index (χ4v) is 2.34. The highest BCUT2D eigenvalue weighted by Gasteiger charge is 2.21. The second kappa shape index (κ2) is 4.90. The molecule has 0 unspecified atom stereocenters. The summed E-state index contributed by atoms with van der Waals surface area (Å²) in [6.45, 7) is 1.82. The van der Waals surface area contributed by atoms with E-state index < -0.39 is 11.4 Å². The molecule has 0 bridgehead atoms. The van der Waals surface area contributed by atoms with E-state index in [1.165, 1.54) is 0 Å². The van der Waals surface area contributed by atoms with E-state index in [-0.39, 0.29) is 16.7 Å². The van der Waals surface area contributed by atoms with Gasteiger partial charge in [0, 0.05) is 5.56 Å². The van der Waals surface area contributed by atoms with Gasteiger partial charge in [-0.3, -0.25) is 4.79 Å². The van der Waals surface area contributed by atoms with Crippen molar-refractivity contribution < 1.29 is 14.3 Å². The molecule has 104 valence electrons. The van der Waals surface area contributed by atoms with Gasteiger partial charge in [-0.2, -0.15) is 0 Å². The van der Waals surface area contributed by atoms with Gasteiger partial charge in [-0.1, -0.05) is 42.5 Å². The maximum atomic E-state index is 12.5. The van der Waals surface area contributed by atoms with Gasteiger partial charge in [0.25, 0.3) is 0 Å². The average molecular weight is 280 g/mol. The van der Waals surface area contributed by atoms with Crippen molar-refractivity contribution in [1.82, 2.24) is 0 Å². The van der Waals surface area contributed by atoms with Crippen LogP contribution in [0.4, 0.5) is 0 Å². The number of carboxylic acid groups (broad SMARTS) is 1. The smallest absolute Gasteiger partial charge is 0.343 e. The first kappa shape index (κ1) is 13.1. The molecule has 0 atom stereocenters. The Kier molecular flexibility index (Phi) is 3.06. The maximum absolute atomic E-state index is 12.5. The number of hydrogen-bond donors (Lipinski definition) is 1. The van der Waals surface area contributed by atoms with Gasteiger partial charge in [0.1, 0.15) is 5.58 Å². The molecule has 0 fully saturated rings.